The number of pyridine rings is 1. The highest BCUT2D eigenvalue weighted by Crippen LogP contribution is 2.37. The maximum absolute atomic E-state index is 13.8. The summed E-state index contributed by atoms with van der Waals surface area (Å²) < 4.78 is 66.7. The van der Waals surface area contributed by atoms with E-state index in [4.69, 9.17) is 16.7 Å². The third-order valence-electron chi connectivity index (χ3n) is 6.30. The molecule has 0 aliphatic heterocycles. The number of carbonyl (C=O) groups excluding carboxylic acids is 1. The number of fused-ring (bicyclic) bond motifs is 1. The van der Waals surface area contributed by atoms with Gasteiger partial charge in [0, 0.05) is 35.4 Å². The summed E-state index contributed by atoms with van der Waals surface area (Å²) in [5.41, 5.74) is 2.30. The van der Waals surface area contributed by atoms with Gasteiger partial charge in [-0.05, 0) is 66.1 Å². The zero-order valence-electron chi connectivity index (χ0n) is 20.7. The molecule has 0 saturated carbocycles. The molecule has 5 nitrogen and oxygen atoms in total. The van der Waals surface area contributed by atoms with E-state index in [2.05, 4.69) is 10.3 Å². The maximum atomic E-state index is 13.8. The van der Waals surface area contributed by atoms with Gasteiger partial charge in [-0.3, -0.25) is 9.59 Å². The molecule has 1 unspecified atom stereocenters. The molecule has 3 aromatic carbocycles. The van der Waals surface area contributed by atoms with Gasteiger partial charge in [0.05, 0.1) is 22.7 Å². The fraction of sp³-hybridized carbons (Fsp3) is 0.207. The number of nitrogens with one attached hydrogen (secondary N) is 1. The molecule has 0 fully saturated rings. The summed E-state index contributed by atoms with van der Waals surface area (Å²) in [6, 6.07) is 15.9. The zero-order chi connectivity index (χ0) is 29.0. The average molecular weight is 577 g/mol. The first-order chi connectivity index (χ1) is 18.9. The number of carboxylic acid groups (broad SMARTS) is 1. The Morgan fingerprint density at radius 3 is 2.27 bits per heavy atom. The van der Waals surface area contributed by atoms with E-state index in [-0.39, 0.29) is 41.2 Å². The Balaban J connectivity index is 1.65. The Kier molecular flexibility index (Phi) is 8.68. The van der Waals surface area contributed by atoms with Crippen LogP contribution in [0.25, 0.3) is 22.2 Å². The normalized spacial score (nSPS) is 12.3. The first-order valence-electron chi connectivity index (χ1n) is 12.1. The van der Waals surface area contributed by atoms with Crippen molar-refractivity contribution in [2.24, 2.45) is 0 Å². The molecule has 0 aliphatic rings. The van der Waals surface area contributed by atoms with E-state index in [0.717, 1.165) is 12.1 Å². The number of carboxylic acids is 1. The van der Waals surface area contributed by atoms with E-state index >= 15 is 0 Å². The second-order valence-corrected chi connectivity index (χ2v) is 9.54. The zero-order valence-corrected chi connectivity index (χ0v) is 21.5. The largest absolute Gasteiger partial charge is 0.481 e. The Bertz CT molecular complexity index is 1560. The fourth-order valence-electron chi connectivity index (χ4n) is 4.32. The van der Waals surface area contributed by atoms with Crippen molar-refractivity contribution in [3.05, 3.63) is 100 Å². The molecule has 208 valence electrons. The number of hydrogen-bond donors (Lipinski definition) is 2. The number of nitrogens with zero attached hydrogens (tertiary/aromatic N) is 1. The first kappa shape index (κ1) is 28.9. The molecule has 1 atom stereocenters. The monoisotopic (exact) mass is 576 g/mol. The molecule has 4 aromatic rings. The molecule has 4 rings (SSSR count). The van der Waals surface area contributed by atoms with Crippen molar-refractivity contribution < 1.29 is 36.6 Å². The van der Waals surface area contributed by atoms with Gasteiger partial charge in [-0.25, -0.2) is 13.8 Å². The molecule has 2 N–H and O–H groups in total. The van der Waals surface area contributed by atoms with Crippen LogP contribution in [-0.4, -0.2) is 34.7 Å². The fourth-order valence-corrected chi connectivity index (χ4v) is 4.59. The van der Waals surface area contributed by atoms with Crippen molar-refractivity contribution >= 4 is 34.4 Å². The van der Waals surface area contributed by atoms with Crippen LogP contribution in [0.1, 0.15) is 46.7 Å². The standard InChI is InChI=1S/C29H22ClF5N2O3/c30-22-14-20-13-18(6-8-25(20)37-27(22)19-5-7-23(31)24(32)15-19)21(9-11-29(33,34)35)16-1-3-17(4-2-16)28(40)36-12-10-26(38)39/h1-8,13-15,21H,9-12H2,(H,36,40)(H,38,39). The van der Waals surface area contributed by atoms with Crippen LogP contribution < -0.4 is 5.32 Å². The molecule has 0 spiro atoms. The second kappa shape index (κ2) is 12.0. The van der Waals surface area contributed by atoms with Gasteiger partial charge in [0.2, 0.25) is 0 Å². The lowest BCUT2D eigenvalue weighted by Crippen LogP contribution is -2.25. The van der Waals surface area contributed by atoms with Crippen LogP contribution in [0.15, 0.2) is 66.7 Å². The molecule has 0 saturated heterocycles. The quantitative estimate of drug-likeness (QED) is 0.202. The Morgan fingerprint density at radius 1 is 0.925 bits per heavy atom. The minimum absolute atomic E-state index is 0.0599. The third-order valence-corrected chi connectivity index (χ3v) is 6.59. The van der Waals surface area contributed by atoms with E-state index in [9.17, 15) is 31.5 Å². The summed E-state index contributed by atoms with van der Waals surface area (Å²) in [5, 5.41) is 11.9. The molecular formula is C29H22ClF5N2O3. The van der Waals surface area contributed by atoms with Crippen LogP contribution in [0.2, 0.25) is 5.02 Å². The van der Waals surface area contributed by atoms with Gasteiger partial charge in [0.25, 0.3) is 5.91 Å². The van der Waals surface area contributed by atoms with Crippen LogP contribution in [-0.2, 0) is 4.79 Å². The minimum Gasteiger partial charge on any atom is -0.481 e. The molecule has 1 heterocycles. The predicted molar refractivity (Wildman–Crippen MR) is 140 cm³/mol. The number of hydrogen-bond acceptors (Lipinski definition) is 3. The van der Waals surface area contributed by atoms with Gasteiger partial charge >= 0.3 is 12.1 Å². The van der Waals surface area contributed by atoms with Crippen LogP contribution >= 0.6 is 11.6 Å². The predicted octanol–water partition coefficient (Wildman–Crippen LogP) is 7.51. The number of rotatable bonds is 9. The van der Waals surface area contributed by atoms with Crippen molar-refractivity contribution in [3.8, 4) is 11.3 Å². The lowest BCUT2D eigenvalue weighted by Gasteiger charge is -2.20. The highest BCUT2D eigenvalue weighted by molar-refractivity contribution is 6.33. The second-order valence-electron chi connectivity index (χ2n) is 9.13. The maximum Gasteiger partial charge on any atom is 0.389 e. The molecule has 0 radical (unpaired) electrons. The lowest BCUT2D eigenvalue weighted by atomic mass is 9.86. The number of aliphatic carboxylic acids is 1. The van der Waals surface area contributed by atoms with E-state index in [0.29, 0.717) is 22.0 Å². The molecule has 40 heavy (non-hydrogen) atoms. The lowest BCUT2D eigenvalue weighted by molar-refractivity contribution is -0.137. The Morgan fingerprint density at radius 2 is 1.62 bits per heavy atom. The van der Waals surface area contributed by atoms with E-state index < -0.39 is 42.0 Å². The molecule has 0 aliphatic carbocycles. The molecule has 1 aromatic heterocycles. The van der Waals surface area contributed by atoms with Crippen molar-refractivity contribution in [3.63, 3.8) is 0 Å². The van der Waals surface area contributed by atoms with Crippen LogP contribution in [0, 0.1) is 11.6 Å². The number of alkyl halides is 3. The van der Waals surface area contributed by atoms with Gasteiger partial charge < -0.3 is 10.4 Å². The van der Waals surface area contributed by atoms with Gasteiger partial charge in [-0.2, -0.15) is 13.2 Å². The average Bonchev–Trinajstić information content (AvgIpc) is 2.89. The van der Waals surface area contributed by atoms with Crippen molar-refractivity contribution in [2.75, 3.05) is 6.54 Å². The minimum atomic E-state index is -4.39. The highest BCUT2D eigenvalue weighted by atomic mass is 35.5. The summed E-state index contributed by atoms with van der Waals surface area (Å²) >= 11 is 6.40. The molecular weight excluding hydrogens is 555 g/mol. The highest BCUT2D eigenvalue weighted by Gasteiger charge is 2.29. The number of halogens is 6. The summed E-state index contributed by atoms with van der Waals surface area (Å²) in [4.78, 5) is 27.4. The van der Waals surface area contributed by atoms with Crippen LogP contribution in [0.3, 0.4) is 0 Å². The smallest absolute Gasteiger partial charge is 0.389 e. The summed E-state index contributed by atoms with van der Waals surface area (Å²) in [6.45, 7) is -0.0599. The summed E-state index contributed by atoms with van der Waals surface area (Å²) in [7, 11) is 0. The molecule has 11 heteroatoms. The van der Waals surface area contributed by atoms with Crippen molar-refractivity contribution in [1.82, 2.24) is 10.3 Å². The number of carbonyl (C=O) groups is 2. The number of aromatic nitrogens is 1. The number of benzene rings is 3. The van der Waals surface area contributed by atoms with Gasteiger partial charge in [0.15, 0.2) is 11.6 Å². The first-order valence-corrected chi connectivity index (χ1v) is 12.5. The molecule has 1 amide bonds. The summed E-state index contributed by atoms with van der Waals surface area (Å²) in [6.07, 6.45) is -5.93. The van der Waals surface area contributed by atoms with E-state index in [1.54, 1.807) is 36.4 Å². The Hall–Kier alpha value is -4.05. The third kappa shape index (κ3) is 7.12. The van der Waals surface area contributed by atoms with E-state index in [1.807, 2.05) is 0 Å². The van der Waals surface area contributed by atoms with Crippen LogP contribution in [0.5, 0.6) is 0 Å². The topological polar surface area (TPSA) is 79.3 Å². The van der Waals surface area contributed by atoms with Crippen molar-refractivity contribution in [2.45, 2.75) is 31.4 Å². The van der Waals surface area contributed by atoms with Gasteiger partial charge in [0.1, 0.15) is 0 Å². The molecule has 0 bridgehead atoms. The van der Waals surface area contributed by atoms with Crippen molar-refractivity contribution in [1.29, 1.82) is 0 Å². The van der Waals surface area contributed by atoms with Gasteiger partial charge in [-0.15, -0.1) is 0 Å². The number of amides is 1. The van der Waals surface area contributed by atoms with Gasteiger partial charge in [-0.1, -0.05) is 29.8 Å². The SMILES string of the molecule is O=C(O)CCNC(=O)c1ccc(C(CCC(F)(F)F)c2ccc3nc(-c4ccc(F)c(F)c4)c(Cl)cc3c2)cc1. The Labute approximate surface area is 230 Å². The van der Waals surface area contributed by atoms with Crippen LogP contribution in [0.4, 0.5) is 22.0 Å². The van der Waals surface area contributed by atoms with E-state index in [1.165, 1.54) is 18.2 Å². The summed E-state index contributed by atoms with van der Waals surface area (Å²) in [5.74, 6) is -4.30.